The number of nitrogens with zero attached hydrogens (tertiary/aromatic N) is 2. The van der Waals surface area contributed by atoms with Gasteiger partial charge in [0.1, 0.15) is 5.60 Å². The lowest BCUT2D eigenvalue weighted by Crippen LogP contribution is -2.44. The minimum absolute atomic E-state index is 0.439. The third kappa shape index (κ3) is 3.28. The number of methoxy groups -OCH3 is 2. The van der Waals surface area contributed by atoms with E-state index < -0.39 is 11.9 Å². The van der Waals surface area contributed by atoms with Crippen molar-refractivity contribution in [1.82, 2.24) is 9.78 Å². The Labute approximate surface area is 102 Å². The van der Waals surface area contributed by atoms with Crippen LogP contribution in [0.5, 0.6) is 0 Å². The van der Waals surface area contributed by atoms with Crippen LogP contribution in [-0.4, -0.2) is 41.0 Å². The molecule has 0 spiro atoms. The molecule has 1 unspecified atom stereocenters. The highest BCUT2D eigenvalue weighted by Gasteiger charge is 2.33. The van der Waals surface area contributed by atoms with Crippen molar-refractivity contribution in [1.29, 1.82) is 0 Å². The maximum absolute atomic E-state index is 10.4. The molecular weight excluding hydrogens is 220 g/mol. The largest absolute Gasteiger partial charge is 0.384 e. The van der Waals surface area contributed by atoms with E-state index in [-0.39, 0.29) is 0 Å². The van der Waals surface area contributed by atoms with E-state index in [1.165, 1.54) is 14.2 Å². The van der Waals surface area contributed by atoms with Crippen LogP contribution in [-0.2, 0) is 22.4 Å². The van der Waals surface area contributed by atoms with E-state index in [0.717, 1.165) is 17.9 Å². The average Bonchev–Trinajstić information content (AvgIpc) is 2.59. The Morgan fingerprint density at radius 3 is 2.53 bits per heavy atom. The van der Waals surface area contributed by atoms with E-state index in [4.69, 9.17) is 9.47 Å². The lowest BCUT2D eigenvalue weighted by molar-refractivity contribution is -0.207. The monoisotopic (exact) mass is 242 g/mol. The molecule has 0 aliphatic carbocycles. The molecule has 0 saturated carbocycles. The molecule has 0 amide bonds. The molecule has 1 atom stereocenters. The van der Waals surface area contributed by atoms with Gasteiger partial charge >= 0.3 is 0 Å². The average molecular weight is 242 g/mol. The molecule has 98 valence electrons. The van der Waals surface area contributed by atoms with Gasteiger partial charge in [0.25, 0.3) is 0 Å². The second-order valence-corrected chi connectivity index (χ2v) is 4.43. The van der Waals surface area contributed by atoms with E-state index in [9.17, 15) is 5.11 Å². The first kappa shape index (κ1) is 14.2. The minimum Gasteiger partial charge on any atom is -0.384 e. The van der Waals surface area contributed by atoms with Gasteiger partial charge < -0.3 is 14.6 Å². The number of aryl methyl sites for hydroxylation is 2. The zero-order valence-electron chi connectivity index (χ0n) is 11.2. The fourth-order valence-electron chi connectivity index (χ4n) is 2.07. The van der Waals surface area contributed by atoms with Crippen molar-refractivity contribution in [2.24, 2.45) is 0 Å². The number of aliphatic hydroxyl groups is 1. The Kier molecular flexibility index (Phi) is 4.68. The van der Waals surface area contributed by atoms with Gasteiger partial charge in [0.05, 0.1) is 5.69 Å². The van der Waals surface area contributed by atoms with Gasteiger partial charge in [-0.3, -0.25) is 4.68 Å². The van der Waals surface area contributed by atoms with Crippen molar-refractivity contribution in [2.45, 2.75) is 45.6 Å². The first-order valence-corrected chi connectivity index (χ1v) is 5.76. The van der Waals surface area contributed by atoms with Crippen molar-refractivity contribution < 1.29 is 14.6 Å². The van der Waals surface area contributed by atoms with Gasteiger partial charge in [-0.15, -0.1) is 0 Å². The molecular formula is C12H22N2O3. The molecule has 17 heavy (non-hydrogen) atoms. The quantitative estimate of drug-likeness (QED) is 0.760. The lowest BCUT2D eigenvalue weighted by Gasteiger charge is -2.30. The highest BCUT2D eigenvalue weighted by Crippen LogP contribution is 2.20. The number of ether oxygens (including phenoxy) is 2. The summed E-state index contributed by atoms with van der Waals surface area (Å²) >= 11 is 0. The maximum Gasteiger partial charge on any atom is 0.185 e. The van der Waals surface area contributed by atoms with Crippen molar-refractivity contribution in [2.75, 3.05) is 14.2 Å². The molecule has 1 aromatic rings. The second kappa shape index (κ2) is 5.62. The molecule has 0 aromatic carbocycles. The van der Waals surface area contributed by atoms with Crippen LogP contribution in [0.3, 0.4) is 0 Å². The summed E-state index contributed by atoms with van der Waals surface area (Å²) in [5.74, 6) is 0. The van der Waals surface area contributed by atoms with Gasteiger partial charge in [-0.05, 0) is 26.8 Å². The molecule has 0 aliphatic rings. The minimum atomic E-state index is -1.08. The van der Waals surface area contributed by atoms with Crippen molar-refractivity contribution in [3.63, 3.8) is 0 Å². The van der Waals surface area contributed by atoms with Crippen LogP contribution >= 0.6 is 0 Å². The SMILES string of the molecule is CCn1nc(C)cc1CC(C)(O)C(OC)OC. The topological polar surface area (TPSA) is 56.5 Å². The Morgan fingerprint density at radius 2 is 2.06 bits per heavy atom. The van der Waals surface area contributed by atoms with Gasteiger partial charge in [-0.25, -0.2) is 0 Å². The van der Waals surface area contributed by atoms with Gasteiger partial charge in [0, 0.05) is 32.9 Å². The molecule has 0 aliphatic heterocycles. The first-order valence-electron chi connectivity index (χ1n) is 5.76. The summed E-state index contributed by atoms with van der Waals surface area (Å²) in [6, 6.07) is 1.97. The molecule has 1 N–H and O–H groups in total. The van der Waals surface area contributed by atoms with Gasteiger partial charge in [0.2, 0.25) is 0 Å². The van der Waals surface area contributed by atoms with Crippen molar-refractivity contribution >= 4 is 0 Å². The van der Waals surface area contributed by atoms with Crippen molar-refractivity contribution in [3.05, 3.63) is 17.5 Å². The number of rotatable bonds is 6. The van der Waals surface area contributed by atoms with E-state index >= 15 is 0 Å². The number of hydrogen-bond acceptors (Lipinski definition) is 4. The lowest BCUT2D eigenvalue weighted by atomic mass is 9.99. The molecule has 1 heterocycles. The normalized spacial score (nSPS) is 15.2. The predicted molar refractivity (Wildman–Crippen MR) is 64.8 cm³/mol. The van der Waals surface area contributed by atoms with E-state index in [1.54, 1.807) is 6.92 Å². The van der Waals surface area contributed by atoms with E-state index in [2.05, 4.69) is 5.10 Å². The number of hydrogen-bond donors (Lipinski definition) is 1. The molecule has 0 saturated heterocycles. The molecule has 1 rings (SSSR count). The van der Waals surface area contributed by atoms with Crippen LogP contribution in [0.15, 0.2) is 6.07 Å². The summed E-state index contributed by atoms with van der Waals surface area (Å²) in [5.41, 5.74) is 0.848. The predicted octanol–water partition coefficient (Wildman–Crippen LogP) is 1.12. The zero-order chi connectivity index (χ0) is 13.1. The van der Waals surface area contributed by atoms with Crippen LogP contribution in [0.2, 0.25) is 0 Å². The zero-order valence-corrected chi connectivity index (χ0v) is 11.2. The standard InChI is InChI=1S/C12H22N2O3/c1-6-14-10(7-9(2)13-14)8-12(3,15)11(16-4)17-5/h7,11,15H,6,8H2,1-5H3. The smallest absolute Gasteiger partial charge is 0.185 e. The fourth-order valence-corrected chi connectivity index (χ4v) is 2.07. The van der Waals surface area contributed by atoms with Crippen LogP contribution in [0.25, 0.3) is 0 Å². The third-order valence-corrected chi connectivity index (χ3v) is 2.76. The van der Waals surface area contributed by atoms with Gasteiger partial charge in [0.15, 0.2) is 6.29 Å². The third-order valence-electron chi connectivity index (χ3n) is 2.76. The van der Waals surface area contributed by atoms with Gasteiger partial charge in [-0.2, -0.15) is 5.10 Å². The summed E-state index contributed by atoms with van der Waals surface area (Å²) in [7, 11) is 3.04. The fraction of sp³-hybridized carbons (Fsp3) is 0.750. The molecule has 5 heteroatoms. The summed E-state index contributed by atoms with van der Waals surface area (Å²) < 4.78 is 12.1. The highest BCUT2D eigenvalue weighted by atomic mass is 16.7. The first-order chi connectivity index (χ1) is 7.94. The summed E-state index contributed by atoms with van der Waals surface area (Å²) in [5, 5.41) is 14.7. The van der Waals surface area contributed by atoms with Crippen LogP contribution in [0.1, 0.15) is 25.2 Å². The molecule has 0 radical (unpaired) electrons. The summed E-state index contributed by atoms with van der Waals surface area (Å²) in [4.78, 5) is 0. The van der Waals surface area contributed by atoms with Crippen LogP contribution < -0.4 is 0 Å². The number of aromatic nitrogens is 2. The summed E-state index contributed by atoms with van der Waals surface area (Å²) in [6.07, 6.45) is -0.211. The summed E-state index contributed by atoms with van der Waals surface area (Å²) in [6.45, 7) is 6.44. The second-order valence-electron chi connectivity index (χ2n) is 4.43. The molecule has 0 fully saturated rings. The Morgan fingerprint density at radius 1 is 1.47 bits per heavy atom. The Balaban J connectivity index is 2.88. The Hall–Kier alpha value is -0.910. The molecule has 0 bridgehead atoms. The van der Waals surface area contributed by atoms with Crippen LogP contribution in [0.4, 0.5) is 0 Å². The van der Waals surface area contributed by atoms with Crippen molar-refractivity contribution in [3.8, 4) is 0 Å². The van der Waals surface area contributed by atoms with E-state index in [1.807, 2.05) is 24.6 Å². The molecule has 5 nitrogen and oxygen atoms in total. The highest BCUT2D eigenvalue weighted by molar-refractivity contribution is 5.11. The molecule has 1 aromatic heterocycles. The Bertz CT molecular complexity index is 357. The van der Waals surface area contributed by atoms with E-state index in [0.29, 0.717) is 6.42 Å². The van der Waals surface area contributed by atoms with Crippen LogP contribution in [0, 0.1) is 6.92 Å². The van der Waals surface area contributed by atoms with Gasteiger partial charge in [-0.1, -0.05) is 0 Å². The maximum atomic E-state index is 10.4.